The zero-order chi connectivity index (χ0) is 25.9. The summed E-state index contributed by atoms with van der Waals surface area (Å²) >= 11 is 0. The van der Waals surface area contributed by atoms with Crippen LogP contribution >= 0.6 is 0 Å². The molecule has 35 heavy (non-hydrogen) atoms. The maximum absolute atomic E-state index is 13.2. The van der Waals surface area contributed by atoms with Gasteiger partial charge in [-0.1, -0.05) is 77.9 Å². The molecule has 6 heteroatoms. The molecule has 6 nitrogen and oxygen atoms in total. The first-order valence-corrected chi connectivity index (χ1v) is 12.4. The fourth-order valence-electron chi connectivity index (χ4n) is 4.43. The van der Waals surface area contributed by atoms with Crippen LogP contribution in [0.5, 0.6) is 5.75 Å². The highest BCUT2D eigenvalue weighted by molar-refractivity contribution is 6.05. The second kappa shape index (κ2) is 10.6. The van der Waals surface area contributed by atoms with E-state index in [1.807, 2.05) is 62.5 Å². The van der Waals surface area contributed by atoms with E-state index in [-0.39, 0.29) is 30.1 Å². The number of nitrogens with zero attached hydrogens (tertiary/aromatic N) is 1. The molecule has 0 aliphatic rings. The number of rotatable bonds is 9. The van der Waals surface area contributed by atoms with Crippen LogP contribution in [-0.2, 0) is 9.59 Å². The largest absolute Gasteiger partial charge is 0.426 e. The first kappa shape index (κ1) is 26.5. The van der Waals surface area contributed by atoms with Crippen molar-refractivity contribution in [2.24, 2.45) is 11.1 Å². The molecule has 1 amide bonds. The molecule has 1 atom stereocenters. The number of hydrogen-bond donors (Lipinski definition) is 2. The lowest BCUT2D eigenvalue weighted by molar-refractivity contribution is -0.136. The third kappa shape index (κ3) is 6.12. The summed E-state index contributed by atoms with van der Waals surface area (Å²) in [6.45, 7) is 14.3. The van der Waals surface area contributed by atoms with E-state index in [9.17, 15) is 9.59 Å². The summed E-state index contributed by atoms with van der Waals surface area (Å²) in [5, 5.41) is 0.937. The standard InChI is InChI=1S/C29H39N3O3/c1-18(2)21-12-10-13-22(19(3)4)27(21)35-26(33)15-29(6,7)17-32(28(34)20(5)30)25-16-31-24-14-9-8-11-23(24)25/h8-14,16,18-20,31H,15,17,30H2,1-7H3/t20-/m0/s1. The van der Waals surface area contributed by atoms with E-state index >= 15 is 0 Å². The van der Waals surface area contributed by atoms with Crippen molar-refractivity contribution in [3.05, 3.63) is 59.8 Å². The van der Waals surface area contributed by atoms with Crippen LogP contribution in [0.25, 0.3) is 10.9 Å². The maximum Gasteiger partial charge on any atom is 0.311 e. The highest BCUT2D eigenvalue weighted by atomic mass is 16.5. The number of nitrogens with one attached hydrogen (secondary N) is 1. The number of esters is 1. The van der Waals surface area contributed by atoms with Gasteiger partial charge in [0.25, 0.3) is 0 Å². The molecule has 0 radical (unpaired) electrons. The van der Waals surface area contributed by atoms with Gasteiger partial charge in [-0.3, -0.25) is 9.59 Å². The molecule has 0 saturated heterocycles. The Balaban J connectivity index is 1.86. The Bertz CT molecular complexity index is 1160. The molecule has 0 bridgehead atoms. The minimum absolute atomic E-state index is 0.155. The zero-order valence-corrected chi connectivity index (χ0v) is 22.0. The summed E-state index contributed by atoms with van der Waals surface area (Å²) in [5.41, 5.74) is 9.20. The van der Waals surface area contributed by atoms with Crippen molar-refractivity contribution >= 4 is 28.5 Å². The van der Waals surface area contributed by atoms with Gasteiger partial charge in [0.1, 0.15) is 5.75 Å². The Morgan fingerprint density at radius 1 is 0.971 bits per heavy atom. The lowest BCUT2D eigenvalue weighted by Gasteiger charge is -2.33. The number of amides is 1. The first-order valence-electron chi connectivity index (χ1n) is 12.4. The van der Waals surface area contributed by atoms with E-state index in [0.29, 0.717) is 12.3 Å². The van der Waals surface area contributed by atoms with Gasteiger partial charge >= 0.3 is 5.97 Å². The summed E-state index contributed by atoms with van der Waals surface area (Å²) in [7, 11) is 0. The molecule has 2 aromatic carbocycles. The summed E-state index contributed by atoms with van der Waals surface area (Å²) in [6, 6.07) is 13.2. The van der Waals surface area contributed by atoms with Crippen molar-refractivity contribution in [1.29, 1.82) is 0 Å². The molecule has 0 fully saturated rings. The molecule has 188 valence electrons. The zero-order valence-electron chi connectivity index (χ0n) is 22.0. The van der Waals surface area contributed by atoms with Crippen LogP contribution in [-0.4, -0.2) is 29.4 Å². The predicted octanol–water partition coefficient (Wildman–Crippen LogP) is 6.12. The number of aromatic nitrogens is 1. The van der Waals surface area contributed by atoms with Gasteiger partial charge in [0.2, 0.25) is 5.91 Å². The minimum atomic E-state index is -0.669. The molecule has 3 aromatic rings. The van der Waals surface area contributed by atoms with Crippen molar-refractivity contribution in [3.63, 3.8) is 0 Å². The number of nitrogens with two attached hydrogens (primary N) is 1. The molecule has 3 N–H and O–H groups in total. The number of carbonyl (C=O) groups is 2. The van der Waals surface area contributed by atoms with Gasteiger partial charge in [-0.2, -0.15) is 0 Å². The number of fused-ring (bicyclic) bond motifs is 1. The van der Waals surface area contributed by atoms with Gasteiger partial charge in [-0.05, 0) is 41.4 Å². The third-order valence-corrected chi connectivity index (χ3v) is 6.26. The van der Waals surface area contributed by atoms with Gasteiger partial charge in [-0.15, -0.1) is 0 Å². The van der Waals surface area contributed by atoms with Crippen molar-refractivity contribution in [3.8, 4) is 5.75 Å². The quantitative estimate of drug-likeness (QED) is 0.287. The topological polar surface area (TPSA) is 88.4 Å². The molecule has 0 spiro atoms. The second-order valence-corrected chi connectivity index (χ2v) is 10.8. The van der Waals surface area contributed by atoms with Crippen molar-refractivity contribution < 1.29 is 14.3 Å². The summed E-state index contributed by atoms with van der Waals surface area (Å²) in [4.78, 5) is 31.3. The Morgan fingerprint density at radius 2 is 1.57 bits per heavy atom. The molecule has 0 aliphatic heterocycles. The van der Waals surface area contributed by atoms with Crippen LogP contribution in [0.3, 0.4) is 0 Å². The van der Waals surface area contributed by atoms with E-state index in [1.54, 1.807) is 11.8 Å². The van der Waals surface area contributed by atoms with Crippen molar-refractivity contribution in [1.82, 2.24) is 4.98 Å². The molecule has 0 unspecified atom stereocenters. The first-order chi connectivity index (χ1) is 16.4. The third-order valence-electron chi connectivity index (χ3n) is 6.26. The average Bonchev–Trinajstić information content (AvgIpc) is 3.20. The highest BCUT2D eigenvalue weighted by Gasteiger charge is 2.32. The molecule has 1 heterocycles. The van der Waals surface area contributed by atoms with Gasteiger partial charge in [0.05, 0.1) is 18.2 Å². The maximum atomic E-state index is 13.2. The van der Waals surface area contributed by atoms with Crippen LogP contribution in [0.15, 0.2) is 48.7 Å². The fraction of sp³-hybridized carbons (Fsp3) is 0.448. The van der Waals surface area contributed by atoms with E-state index in [2.05, 4.69) is 32.7 Å². The monoisotopic (exact) mass is 477 g/mol. The van der Waals surface area contributed by atoms with Crippen LogP contribution in [0.1, 0.15) is 77.8 Å². The number of hydrogen-bond acceptors (Lipinski definition) is 4. The predicted molar refractivity (Wildman–Crippen MR) is 143 cm³/mol. The molecule has 3 rings (SSSR count). The Hall–Kier alpha value is -3.12. The number of aromatic amines is 1. The van der Waals surface area contributed by atoms with Gasteiger partial charge in [0.15, 0.2) is 0 Å². The smallest absolute Gasteiger partial charge is 0.311 e. The lowest BCUT2D eigenvalue weighted by Crippen LogP contribution is -2.47. The van der Waals surface area contributed by atoms with E-state index < -0.39 is 11.5 Å². The van der Waals surface area contributed by atoms with Gasteiger partial charge in [0, 0.05) is 23.6 Å². The summed E-state index contributed by atoms with van der Waals surface area (Å²) in [6.07, 6.45) is 1.98. The number of carbonyl (C=O) groups excluding carboxylic acids is 2. The molecule has 0 aliphatic carbocycles. The van der Waals surface area contributed by atoms with Crippen LogP contribution in [0, 0.1) is 5.41 Å². The SMILES string of the molecule is CC(C)c1cccc(C(C)C)c1OC(=O)CC(C)(C)CN(C(=O)[C@H](C)N)c1c[nH]c2ccccc12. The molecular formula is C29H39N3O3. The van der Waals surface area contributed by atoms with E-state index in [0.717, 1.165) is 27.7 Å². The lowest BCUT2D eigenvalue weighted by atomic mass is 9.88. The van der Waals surface area contributed by atoms with Crippen molar-refractivity contribution in [2.45, 2.75) is 72.8 Å². The number of para-hydroxylation sites is 2. The van der Waals surface area contributed by atoms with E-state index in [1.165, 1.54) is 0 Å². The van der Waals surface area contributed by atoms with Crippen LogP contribution in [0.4, 0.5) is 5.69 Å². The van der Waals surface area contributed by atoms with Gasteiger partial charge < -0.3 is 20.4 Å². The van der Waals surface area contributed by atoms with E-state index in [4.69, 9.17) is 10.5 Å². The summed E-state index contributed by atoms with van der Waals surface area (Å²) < 4.78 is 6.01. The average molecular weight is 478 g/mol. The van der Waals surface area contributed by atoms with Crippen molar-refractivity contribution in [2.75, 3.05) is 11.4 Å². The number of H-pyrrole nitrogens is 1. The summed E-state index contributed by atoms with van der Waals surface area (Å²) in [5.74, 6) is 0.620. The van der Waals surface area contributed by atoms with Gasteiger partial charge in [-0.25, -0.2) is 0 Å². The molecule has 1 aromatic heterocycles. The normalized spacial score (nSPS) is 12.9. The molecule has 0 saturated carbocycles. The number of ether oxygens (including phenoxy) is 1. The highest BCUT2D eigenvalue weighted by Crippen LogP contribution is 2.36. The molecular weight excluding hydrogens is 438 g/mol. The minimum Gasteiger partial charge on any atom is -0.426 e. The van der Waals surface area contributed by atoms with Crippen LogP contribution in [0.2, 0.25) is 0 Å². The van der Waals surface area contributed by atoms with Crippen LogP contribution < -0.4 is 15.4 Å². The number of benzene rings is 2. The second-order valence-electron chi connectivity index (χ2n) is 10.8. The Morgan fingerprint density at radius 3 is 2.14 bits per heavy atom. The Labute approximate surface area is 208 Å². The Kier molecular flexibility index (Phi) is 8.06. The number of anilines is 1. The fourth-order valence-corrected chi connectivity index (χ4v) is 4.43.